The quantitative estimate of drug-likeness (QED) is 0.264. The average molecular weight is 506 g/mol. The minimum Gasteiger partial charge on any atom is -0.497 e. The van der Waals surface area contributed by atoms with Crippen molar-refractivity contribution in [3.05, 3.63) is 101 Å². The first kappa shape index (κ1) is 25.0. The van der Waals surface area contributed by atoms with Gasteiger partial charge in [-0.3, -0.25) is 14.5 Å². The van der Waals surface area contributed by atoms with Crippen LogP contribution >= 0.6 is 11.6 Å². The molecule has 184 valence electrons. The van der Waals surface area contributed by atoms with Gasteiger partial charge >= 0.3 is 11.9 Å². The Morgan fingerprint density at radius 2 is 1.44 bits per heavy atom. The van der Waals surface area contributed by atoms with Crippen molar-refractivity contribution in [2.45, 2.75) is 5.54 Å². The van der Waals surface area contributed by atoms with Gasteiger partial charge in [-0.05, 0) is 47.5 Å². The normalized spacial score (nSPS) is 21.1. The van der Waals surface area contributed by atoms with Gasteiger partial charge in [-0.15, -0.1) is 0 Å². The fourth-order valence-corrected chi connectivity index (χ4v) is 4.78. The maximum absolute atomic E-state index is 14.0. The molecule has 0 unspecified atom stereocenters. The number of rotatable bonds is 7. The van der Waals surface area contributed by atoms with Gasteiger partial charge in [-0.1, -0.05) is 66.2 Å². The highest BCUT2D eigenvalue weighted by atomic mass is 35.5. The summed E-state index contributed by atoms with van der Waals surface area (Å²) in [6, 6.07) is 22.0. The topological polar surface area (TPSA) is 82.1 Å². The number of carbonyl (C=O) groups excluding carboxylic acids is 3. The number of hydrogen-bond donors (Lipinski definition) is 0. The molecule has 7 nitrogen and oxygen atoms in total. The maximum atomic E-state index is 14.0. The number of esters is 2. The first-order chi connectivity index (χ1) is 17.4. The van der Waals surface area contributed by atoms with Crippen LogP contribution in [0.3, 0.4) is 0 Å². The molecule has 1 heterocycles. The third kappa shape index (κ3) is 3.63. The van der Waals surface area contributed by atoms with Gasteiger partial charge in [0.05, 0.1) is 21.3 Å². The first-order valence-electron chi connectivity index (χ1n) is 11.0. The molecule has 0 aromatic heterocycles. The molecule has 0 radical (unpaired) electrons. The SMILES string of the molecule is COC(=O)[C@@]1(/C=C/c2ccccc2)C(=O)N(c2ccc(OC)cc2)[C@@]1(C(=O)OC)c1ccc(Cl)cc1. The lowest BCUT2D eigenvalue weighted by atomic mass is 9.56. The lowest BCUT2D eigenvalue weighted by Gasteiger charge is -2.59. The van der Waals surface area contributed by atoms with Crippen molar-refractivity contribution in [1.82, 2.24) is 0 Å². The number of ether oxygens (including phenoxy) is 3. The molecule has 1 amide bonds. The highest BCUT2D eigenvalue weighted by molar-refractivity contribution is 6.31. The highest BCUT2D eigenvalue weighted by Crippen LogP contribution is 2.59. The summed E-state index contributed by atoms with van der Waals surface area (Å²) in [5, 5.41) is 0.420. The van der Waals surface area contributed by atoms with Crippen LogP contribution in [0.25, 0.3) is 6.08 Å². The molecule has 0 bridgehead atoms. The molecule has 3 aromatic rings. The second-order valence-corrected chi connectivity index (χ2v) is 8.53. The predicted octanol–water partition coefficient (Wildman–Crippen LogP) is 4.64. The Hall–Kier alpha value is -4.10. The van der Waals surface area contributed by atoms with E-state index in [9.17, 15) is 14.4 Å². The van der Waals surface area contributed by atoms with Gasteiger partial charge in [-0.2, -0.15) is 0 Å². The average Bonchev–Trinajstić information content (AvgIpc) is 2.92. The lowest BCUT2D eigenvalue weighted by Crippen LogP contribution is -2.81. The van der Waals surface area contributed by atoms with Crippen LogP contribution in [0.2, 0.25) is 5.02 Å². The van der Waals surface area contributed by atoms with Gasteiger partial charge < -0.3 is 14.2 Å². The van der Waals surface area contributed by atoms with E-state index in [0.29, 0.717) is 22.0 Å². The Morgan fingerprint density at radius 3 is 2.00 bits per heavy atom. The summed E-state index contributed by atoms with van der Waals surface area (Å²) in [5.41, 5.74) is -2.55. The zero-order valence-corrected chi connectivity index (χ0v) is 20.7. The van der Waals surface area contributed by atoms with Crippen LogP contribution in [0.15, 0.2) is 84.9 Å². The summed E-state index contributed by atoms with van der Waals surface area (Å²) in [5.74, 6) is -1.80. The van der Waals surface area contributed by atoms with E-state index in [1.165, 1.54) is 32.3 Å². The lowest BCUT2D eigenvalue weighted by molar-refractivity contribution is -0.180. The fraction of sp³-hybridized carbons (Fsp3) is 0.179. The van der Waals surface area contributed by atoms with E-state index in [-0.39, 0.29) is 0 Å². The molecule has 1 aliphatic heterocycles. The molecule has 4 rings (SSSR count). The molecule has 1 fully saturated rings. The molecule has 8 heteroatoms. The Bertz CT molecular complexity index is 1310. The van der Waals surface area contributed by atoms with Crippen LogP contribution in [-0.2, 0) is 29.4 Å². The Kier molecular flexibility index (Phi) is 6.86. The number of anilines is 1. The number of nitrogens with zero attached hydrogens (tertiary/aromatic N) is 1. The van der Waals surface area contributed by atoms with Crippen LogP contribution in [0.5, 0.6) is 5.75 Å². The van der Waals surface area contributed by atoms with Gasteiger partial charge in [-0.25, -0.2) is 4.79 Å². The van der Waals surface area contributed by atoms with Crippen LogP contribution in [0, 0.1) is 5.41 Å². The number of methoxy groups -OCH3 is 3. The Labute approximate surface area is 213 Å². The molecule has 1 aliphatic rings. The van der Waals surface area contributed by atoms with Crippen LogP contribution < -0.4 is 9.64 Å². The van der Waals surface area contributed by atoms with Crippen molar-refractivity contribution in [1.29, 1.82) is 0 Å². The van der Waals surface area contributed by atoms with Crippen molar-refractivity contribution in [2.24, 2.45) is 5.41 Å². The molecule has 3 aromatic carbocycles. The van der Waals surface area contributed by atoms with E-state index in [4.69, 9.17) is 25.8 Å². The smallest absolute Gasteiger partial charge is 0.339 e. The number of β-lactam (4-membered cyclic amide) rings is 1. The van der Waals surface area contributed by atoms with Crippen molar-refractivity contribution in [2.75, 3.05) is 26.2 Å². The number of halogens is 1. The molecule has 0 spiro atoms. The molecule has 0 N–H and O–H groups in total. The van der Waals surface area contributed by atoms with Crippen LogP contribution in [0.1, 0.15) is 11.1 Å². The summed E-state index contributed by atoms with van der Waals surface area (Å²) in [4.78, 5) is 42.6. The van der Waals surface area contributed by atoms with Gasteiger partial charge in [0.25, 0.3) is 5.91 Å². The van der Waals surface area contributed by atoms with Crippen LogP contribution in [0.4, 0.5) is 5.69 Å². The van der Waals surface area contributed by atoms with Gasteiger partial charge in [0, 0.05) is 10.7 Å². The number of carbonyl (C=O) groups is 3. The molecular formula is C28H24ClNO6. The number of amides is 1. The summed E-state index contributed by atoms with van der Waals surface area (Å²) >= 11 is 6.14. The third-order valence-corrected chi connectivity index (χ3v) is 6.60. The minimum atomic E-state index is -2.06. The van der Waals surface area contributed by atoms with E-state index < -0.39 is 28.8 Å². The molecule has 1 saturated heterocycles. The van der Waals surface area contributed by atoms with Crippen molar-refractivity contribution in [3.8, 4) is 5.75 Å². The maximum Gasteiger partial charge on any atom is 0.339 e. The zero-order chi connectivity index (χ0) is 25.9. The summed E-state index contributed by atoms with van der Waals surface area (Å²) in [6.07, 6.45) is 3.04. The molecule has 36 heavy (non-hydrogen) atoms. The molecule has 2 atom stereocenters. The van der Waals surface area contributed by atoms with E-state index in [1.54, 1.807) is 54.6 Å². The third-order valence-electron chi connectivity index (χ3n) is 6.35. The largest absolute Gasteiger partial charge is 0.497 e. The van der Waals surface area contributed by atoms with Gasteiger partial charge in [0.15, 0.2) is 5.54 Å². The molecule has 0 aliphatic carbocycles. The monoisotopic (exact) mass is 505 g/mol. The van der Waals surface area contributed by atoms with Crippen molar-refractivity contribution >= 4 is 41.2 Å². The van der Waals surface area contributed by atoms with Gasteiger partial charge in [0.2, 0.25) is 5.41 Å². The first-order valence-corrected chi connectivity index (χ1v) is 11.4. The van der Waals surface area contributed by atoms with Crippen molar-refractivity contribution in [3.63, 3.8) is 0 Å². The fourth-order valence-electron chi connectivity index (χ4n) is 4.66. The van der Waals surface area contributed by atoms with Crippen LogP contribution in [-0.4, -0.2) is 39.2 Å². The van der Waals surface area contributed by atoms with E-state index >= 15 is 0 Å². The predicted molar refractivity (Wildman–Crippen MR) is 136 cm³/mol. The van der Waals surface area contributed by atoms with Gasteiger partial charge in [0.1, 0.15) is 5.75 Å². The second-order valence-electron chi connectivity index (χ2n) is 8.09. The van der Waals surface area contributed by atoms with Crippen molar-refractivity contribution < 1.29 is 28.6 Å². The number of hydrogen-bond acceptors (Lipinski definition) is 6. The summed E-state index contributed by atoms with van der Waals surface area (Å²) < 4.78 is 15.6. The summed E-state index contributed by atoms with van der Waals surface area (Å²) in [6.45, 7) is 0. The molecular weight excluding hydrogens is 482 g/mol. The number of benzene rings is 3. The van der Waals surface area contributed by atoms with E-state index in [1.807, 2.05) is 30.3 Å². The van der Waals surface area contributed by atoms with E-state index in [2.05, 4.69) is 0 Å². The Balaban J connectivity index is 2.04. The minimum absolute atomic E-state index is 0.331. The Morgan fingerprint density at radius 1 is 0.833 bits per heavy atom. The zero-order valence-electron chi connectivity index (χ0n) is 19.9. The molecule has 0 saturated carbocycles. The highest BCUT2D eigenvalue weighted by Gasteiger charge is 2.80. The standard InChI is InChI=1S/C28H24ClNO6/c1-34-23-15-13-22(14-16-23)30-24(31)27(25(32)35-2,18-17-19-7-5-4-6-8-19)28(30,26(33)36-3)20-9-11-21(29)12-10-20/h4-18H,1-3H3/b18-17+/t27-,28-/m1/s1. The van der Waals surface area contributed by atoms with E-state index in [0.717, 1.165) is 5.56 Å². The second kappa shape index (κ2) is 9.87. The summed E-state index contributed by atoms with van der Waals surface area (Å²) in [7, 11) is 3.90.